The van der Waals surface area contributed by atoms with Crippen LogP contribution in [-0.4, -0.2) is 0 Å². The largest absolute Gasteiger partial charge is 0.133 e. The van der Waals surface area contributed by atoms with Crippen LogP contribution in [-0.2, 0) is 0 Å². The molecule has 12 heavy (non-hydrogen) atoms. The molecule has 0 radical (unpaired) electrons. The number of hydrogen-bond donors (Lipinski definition) is 0. The van der Waals surface area contributed by atoms with Gasteiger partial charge in [0.1, 0.15) is 0 Å². The van der Waals surface area contributed by atoms with E-state index in [0.717, 1.165) is 6.42 Å². The highest BCUT2D eigenvalue weighted by Gasteiger charge is 1.79. The SMILES string of the molecule is C=C=CCC=Cc1ccccc1. The fourth-order valence-corrected chi connectivity index (χ4v) is 0.920. The minimum absolute atomic E-state index is 0.901. The van der Waals surface area contributed by atoms with Gasteiger partial charge in [-0.15, -0.1) is 5.73 Å². The molecule has 1 aromatic carbocycles. The zero-order valence-electron chi connectivity index (χ0n) is 7.03. The zero-order chi connectivity index (χ0) is 8.65. The summed E-state index contributed by atoms with van der Waals surface area (Å²) < 4.78 is 0. The second-order valence-corrected chi connectivity index (χ2v) is 2.46. The molecule has 0 aliphatic carbocycles. The normalized spacial score (nSPS) is 9.67. The maximum absolute atomic E-state index is 3.49. The Kier molecular flexibility index (Phi) is 3.70. The highest BCUT2D eigenvalue weighted by Crippen LogP contribution is 2.01. The minimum Gasteiger partial charge on any atom is -0.133 e. The van der Waals surface area contributed by atoms with Crippen molar-refractivity contribution in [2.24, 2.45) is 0 Å². The van der Waals surface area contributed by atoms with Crippen LogP contribution in [0.25, 0.3) is 6.08 Å². The van der Waals surface area contributed by atoms with Gasteiger partial charge in [0.05, 0.1) is 0 Å². The van der Waals surface area contributed by atoms with Gasteiger partial charge in [-0.1, -0.05) is 49.1 Å². The van der Waals surface area contributed by atoms with Crippen molar-refractivity contribution in [3.05, 3.63) is 60.4 Å². The van der Waals surface area contributed by atoms with Crippen LogP contribution in [0.2, 0.25) is 0 Å². The topological polar surface area (TPSA) is 0 Å². The van der Waals surface area contributed by atoms with Gasteiger partial charge in [0.15, 0.2) is 0 Å². The molecule has 0 nitrogen and oxygen atoms in total. The summed E-state index contributed by atoms with van der Waals surface area (Å²) in [6.45, 7) is 3.49. The molecular weight excluding hydrogens is 144 g/mol. The molecule has 1 aromatic rings. The van der Waals surface area contributed by atoms with Crippen LogP contribution < -0.4 is 0 Å². The summed E-state index contributed by atoms with van der Waals surface area (Å²) in [6.07, 6.45) is 6.99. The lowest BCUT2D eigenvalue weighted by Crippen LogP contribution is -1.67. The Morgan fingerprint density at radius 1 is 1.25 bits per heavy atom. The molecule has 0 aliphatic heterocycles. The predicted molar refractivity (Wildman–Crippen MR) is 53.8 cm³/mol. The van der Waals surface area contributed by atoms with Gasteiger partial charge in [-0.3, -0.25) is 0 Å². The lowest BCUT2D eigenvalue weighted by Gasteiger charge is -1.88. The van der Waals surface area contributed by atoms with Gasteiger partial charge in [-0.2, -0.15) is 0 Å². The van der Waals surface area contributed by atoms with E-state index in [0.29, 0.717) is 0 Å². The predicted octanol–water partition coefficient (Wildman–Crippen LogP) is 3.43. The van der Waals surface area contributed by atoms with Crippen molar-refractivity contribution in [3.63, 3.8) is 0 Å². The molecule has 0 bridgehead atoms. The molecule has 0 aromatic heterocycles. The highest BCUT2D eigenvalue weighted by molar-refractivity contribution is 5.48. The molecular formula is C12H12. The summed E-state index contributed by atoms with van der Waals surface area (Å²) in [4.78, 5) is 0. The van der Waals surface area contributed by atoms with Crippen LogP contribution in [0.3, 0.4) is 0 Å². The molecule has 0 spiro atoms. The summed E-state index contributed by atoms with van der Waals surface area (Å²) in [6, 6.07) is 10.2. The molecule has 0 heteroatoms. The Morgan fingerprint density at radius 2 is 2.00 bits per heavy atom. The molecule has 0 amide bonds. The third-order valence-electron chi connectivity index (χ3n) is 1.51. The van der Waals surface area contributed by atoms with Crippen LogP contribution in [0.5, 0.6) is 0 Å². The van der Waals surface area contributed by atoms with E-state index in [1.54, 1.807) is 0 Å². The number of rotatable bonds is 3. The molecule has 0 fully saturated rings. The van der Waals surface area contributed by atoms with Gasteiger partial charge in [0.2, 0.25) is 0 Å². The molecule has 0 atom stereocenters. The van der Waals surface area contributed by atoms with E-state index >= 15 is 0 Å². The first kappa shape index (κ1) is 8.58. The molecule has 0 N–H and O–H groups in total. The summed E-state index contributed by atoms with van der Waals surface area (Å²) in [5, 5.41) is 0. The van der Waals surface area contributed by atoms with Crippen LogP contribution in [0.1, 0.15) is 12.0 Å². The van der Waals surface area contributed by atoms with Crippen molar-refractivity contribution < 1.29 is 0 Å². The molecule has 0 heterocycles. The van der Waals surface area contributed by atoms with Gasteiger partial charge in [0, 0.05) is 0 Å². The molecule has 0 unspecified atom stereocenters. The second kappa shape index (κ2) is 5.17. The van der Waals surface area contributed by atoms with E-state index in [4.69, 9.17) is 0 Å². The average molecular weight is 156 g/mol. The van der Waals surface area contributed by atoms with Crippen molar-refractivity contribution in [3.8, 4) is 0 Å². The summed E-state index contributed by atoms with van der Waals surface area (Å²) in [5.41, 5.74) is 3.96. The van der Waals surface area contributed by atoms with Gasteiger partial charge < -0.3 is 0 Å². The van der Waals surface area contributed by atoms with Crippen LogP contribution >= 0.6 is 0 Å². The molecule has 0 aliphatic rings. The summed E-state index contributed by atoms with van der Waals surface area (Å²) in [5.74, 6) is 0. The van der Waals surface area contributed by atoms with Crippen LogP contribution in [0.4, 0.5) is 0 Å². The van der Waals surface area contributed by atoms with Gasteiger partial charge in [-0.25, -0.2) is 0 Å². The van der Waals surface area contributed by atoms with E-state index in [1.165, 1.54) is 5.56 Å². The second-order valence-electron chi connectivity index (χ2n) is 2.46. The summed E-state index contributed by atoms with van der Waals surface area (Å²) >= 11 is 0. The van der Waals surface area contributed by atoms with Crippen LogP contribution in [0.15, 0.2) is 54.8 Å². The lowest BCUT2D eigenvalue weighted by molar-refractivity contribution is 1.42. The van der Waals surface area contributed by atoms with Gasteiger partial charge >= 0.3 is 0 Å². The first-order valence-electron chi connectivity index (χ1n) is 3.99. The Bertz CT molecular complexity index is 287. The molecule has 0 saturated carbocycles. The highest BCUT2D eigenvalue weighted by atomic mass is 13.9. The average Bonchev–Trinajstić information content (AvgIpc) is 2.14. The van der Waals surface area contributed by atoms with Crippen molar-refractivity contribution in [1.82, 2.24) is 0 Å². The first-order valence-corrected chi connectivity index (χ1v) is 3.99. The third kappa shape index (κ3) is 3.05. The Hall–Kier alpha value is -1.52. The molecule has 60 valence electrons. The third-order valence-corrected chi connectivity index (χ3v) is 1.51. The monoisotopic (exact) mass is 156 g/mol. The fourth-order valence-electron chi connectivity index (χ4n) is 0.920. The Balaban J connectivity index is 2.52. The maximum Gasteiger partial charge on any atom is -0.00898 e. The van der Waals surface area contributed by atoms with Crippen molar-refractivity contribution in [1.29, 1.82) is 0 Å². The van der Waals surface area contributed by atoms with Crippen molar-refractivity contribution in [2.75, 3.05) is 0 Å². The van der Waals surface area contributed by atoms with E-state index in [2.05, 4.69) is 36.6 Å². The number of hydrogen-bond acceptors (Lipinski definition) is 0. The van der Waals surface area contributed by atoms with Crippen molar-refractivity contribution in [2.45, 2.75) is 6.42 Å². The van der Waals surface area contributed by atoms with E-state index in [1.807, 2.05) is 24.3 Å². The molecule has 0 saturated heterocycles. The fraction of sp³-hybridized carbons (Fsp3) is 0.0833. The number of allylic oxidation sites excluding steroid dienone is 2. The van der Waals surface area contributed by atoms with E-state index in [-0.39, 0.29) is 0 Å². The van der Waals surface area contributed by atoms with Gasteiger partial charge in [0.25, 0.3) is 0 Å². The Labute approximate surface area is 73.6 Å². The molecule has 1 rings (SSSR count). The standard InChI is InChI=1S/C12H12/c1-2-3-4-6-9-12-10-7-5-8-11-12/h3,5-11H,1,4H2. The van der Waals surface area contributed by atoms with E-state index < -0.39 is 0 Å². The lowest BCUT2D eigenvalue weighted by atomic mass is 10.2. The number of benzene rings is 1. The summed E-state index contributed by atoms with van der Waals surface area (Å²) in [7, 11) is 0. The Morgan fingerprint density at radius 3 is 2.67 bits per heavy atom. The quantitative estimate of drug-likeness (QED) is 0.588. The van der Waals surface area contributed by atoms with Crippen LogP contribution in [0, 0.1) is 0 Å². The zero-order valence-corrected chi connectivity index (χ0v) is 7.03. The first-order chi connectivity index (χ1) is 5.93. The smallest absolute Gasteiger partial charge is 0.00898 e. The van der Waals surface area contributed by atoms with Crippen molar-refractivity contribution >= 4 is 6.08 Å². The maximum atomic E-state index is 3.49. The minimum atomic E-state index is 0.901. The van der Waals surface area contributed by atoms with Gasteiger partial charge in [-0.05, 0) is 18.1 Å². The van der Waals surface area contributed by atoms with E-state index in [9.17, 15) is 0 Å².